The first-order valence-electron chi connectivity index (χ1n) is 9.82. The molecule has 1 aromatic heterocycles. The van der Waals surface area contributed by atoms with Crippen LogP contribution in [0.4, 0.5) is 8.78 Å². The van der Waals surface area contributed by atoms with Gasteiger partial charge in [0, 0.05) is 40.2 Å². The molecule has 0 bridgehead atoms. The molecule has 3 N–H and O–H groups in total. The molecule has 3 aromatic carbocycles. The van der Waals surface area contributed by atoms with E-state index < -0.39 is 23.4 Å². The fourth-order valence-electron chi connectivity index (χ4n) is 3.79. The summed E-state index contributed by atoms with van der Waals surface area (Å²) in [5, 5.41) is 7.27. The molecule has 32 heavy (non-hydrogen) atoms. The number of hydrogen-bond acceptors (Lipinski definition) is 3. The Kier molecular flexibility index (Phi) is 4.74. The van der Waals surface area contributed by atoms with Gasteiger partial charge in [0.1, 0.15) is 11.6 Å². The molecule has 0 aliphatic carbocycles. The Hall–Kier alpha value is -4.33. The highest BCUT2D eigenvalue weighted by Gasteiger charge is 2.23. The number of hydrazone groups is 1. The van der Waals surface area contributed by atoms with Crippen molar-refractivity contribution >= 4 is 28.9 Å². The molecular formula is C24H16F2N4O2. The van der Waals surface area contributed by atoms with Crippen LogP contribution in [-0.2, 0) is 6.54 Å². The van der Waals surface area contributed by atoms with E-state index in [1.807, 2.05) is 30.3 Å². The fraction of sp³-hybridized carbons (Fsp3) is 0.0417. The van der Waals surface area contributed by atoms with Gasteiger partial charge >= 0.3 is 0 Å². The quantitative estimate of drug-likeness (QED) is 0.455. The van der Waals surface area contributed by atoms with Crippen LogP contribution in [0.5, 0.6) is 0 Å². The number of carbonyl (C=O) groups is 2. The lowest BCUT2D eigenvalue weighted by Gasteiger charge is -2.09. The van der Waals surface area contributed by atoms with Crippen molar-refractivity contribution in [2.24, 2.45) is 5.10 Å². The minimum absolute atomic E-state index is 0.126. The van der Waals surface area contributed by atoms with Gasteiger partial charge in [0.05, 0.1) is 17.5 Å². The van der Waals surface area contributed by atoms with Crippen molar-refractivity contribution in [1.29, 1.82) is 0 Å². The Balaban J connectivity index is 1.55. The standard InChI is InChI=1S/C24H16F2N4O2/c25-16-7-6-14(19(26)10-16)11-27-23(31)15-8-17-21-18(12-28-30-24(17)32)22(29-20(21)9-15)13-4-2-1-3-5-13/h1-10,12,29H,11H2,(H,27,31)(H,30,32). The van der Waals surface area contributed by atoms with Crippen molar-refractivity contribution in [3.05, 3.63) is 94.6 Å². The molecule has 0 atom stereocenters. The smallest absolute Gasteiger partial charge is 0.272 e. The second-order valence-electron chi connectivity index (χ2n) is 7.34. The van der Waals surface area contributed by atoms with Gasteiger partial charge in [0.25, 0.3) is 11.8 Å². The van der Waals surface area contributed by atoms with Crippen LogP contribution < -0.4 is 10.7 Å². The molecule has 2 heterocycles. The van der Waals surface area contributed by atoms with Crippen LogP contribution in [0.3, 0.4) is 0 Å². The first kappa shape index (κ1) is 19.6. The lowest BCUT2D eigenvalue weighted by atomic mass is 10.00. The van der Waals surface area contributed by atoms with Crippen molar-refractivity contribution in [2.45, 2.75) is 6.54 Å². The van der Waals surface area contributed by atoms with Gasteiger partial charge in [-0.1, -0.05) is 36.4 Å². The lowest BCUT2D eigenvalue weighted by Crippen LogP contribution is -2.24. The molecule has 1 aliphatic heterocycles. The molecule has 5 rings (SSSR count). The molecule has 6 nitrogen and oxygen atoms in total. The van der Waals surface area contributed by atoms with Gasteiger partial charge in [0.2, 0.25) is 0 Å². The van der Waals surface area contributed by atoms with Gasteiger partial charge < -0.3 is 10.3 Å². The molecule has 2 amide bonds. The van der Waals surface area contributed by atoms with E-state index in [4.69, 9.17) is 0 Å². The summed E-state index contributed by atoms with van der Waals surface area (Å²) in [7, 11) is 0. The summed E-state index contributed by atoms with van der Waals surface area (Å²) in [5.41, 5.74) is 6.13. The van der Waals surface area contributed by atoms with Crippen LogP contribution in [0.1, 0.15) is 31.8 Å². The largest absolute Gasteiger partial charge is 0.354 e. The second kappa shape index (κ2) is 7.73. The Morgan fingerprint density at radius 1 is 1.03 bits per heavy atom. The first-order valence-corrected chi connectivity index (χ1v) is 9.82. The summed E-state index contributed by atoms with van der Waals surface area (Å²) in [5.74, 6) is -2.38. The first-order chi connectivity index (χ1) is 15.5. The van der Waals surface area contributed by atoms with Gasteiger partial charge in [-0.15, -0.1) is 0 Å². The Labute approximate surface area is 181 Å². The molecule has 0 radical (unpaired) electrons. The van der Waals surface area contributed by atoms with Crippen molar-refractivity contribution in [3.8, 4) is 11.3 Å². The van der Waals surface area contributed by atoms with E-state index in [9.17, 15) is 18.4 Å². The fourth-order valence-corrected chi connectivity index (χ4v) is 3.79. The number of nitrogens with zero attached hydrogens (tertiary/aromatic N) is 1. The maximum absolute atomic E-state index is 13.9. The zero-order valence-corrected chi connectivity index (χ0v) is 16.6. The summed E-state index contributed by atoms with van der Waals surface area (Å²) < 4.78 is 27.0. The van der Waals surface area contributed by atoms with Gasteiger partial charge in [-0.3, -0.25) is 9.59 Å². The molecule has 1 aliphatic rings. The number of rotatable bonds is 4. The van der Waals surface area contributed by atoms with Crippen molar-refractivity contribution in [3.63, 3.8) is 0 Å². The molecule has 0 unspecified atom stereocenters. The van der Waals surface area contributed by atoms with E-state index >= 15 is 0 Å². The maximum atomic E-state index is 13.9. The Morgan fingerprint density at radius 2 is 1.84 bits per heavy atom. The zero-order chi connectivity index (χ0) is 22.2. The van der Waals surface area contributed by atoms with Gasteiger partial charge in [-0.05, 0) is 23.8 Å². The second-order valence-corrected chi connectivity index (χ2v) is 7.34. The molecule has 158 valence electrons. The van der Waals surface area contributed by atoms with Crippen LogP contribution in [-0.4, -0.2) is 23.0 Å². The van der Waals surface area contributed by atoms with Gasteiger partial charge in [-0.2, -0.15) is 5.10 Å². The topological polar surface area (TPSA) is 86.3 Å². The summed E-state index contributed by atoms with van der Waals surface area (Å²) in [6, 6.07) is 15.8. The molecule has 8 heteroatoms. The average Bonchev–Trinajstić information content (AvgIpc) is 3.07. The number of amides is 2. The van der Waals surface area contributed by atoms with E-state index in [-0.39, 0.29) is 17.7 Å². The average molecular weight is 430 g/mol. The summed E-state index contributed by atoms with van der Waals surface area (Å²) in [6.45, 7) is -0.126. The van der Waals surface area contributed by atoms with Crippen LogP contribution in [0.2, 0.25) is 0 Å². The van der Waals surface area contributed by atoms with Gasteiger partial charge in [-0.25, -0.2) is 14.2 Å². The molecule has 0 fully saturated rings. The van der Waals surface area contributed by atoms with E-state index in [2.05, 4.69) is 20.8 Å². The van der Waals surface area contributed by atoms with Crippen molar-refractivity contribution < 1.29 is 18.4 Å². The number of halogens is 2. The summed E-state index contributed by atoms with van der Waals surface area (Å²) in [6.07, 6.45) is 1.58. The van der Waals surface area contributed by atoms with E-state index in [1.165, 1.54) is 12.1 Å². The minimum atomic E-state index is -0.745. The van der Waals surface area contributed by atoms with E-state index in [0.717, 1.165) is 29.0 Å². The SMILES string of the molecule is O=C(NCc1ccc(F)cc1F)c1cc2c3c(c(-c4ccccc4)[nH]c3c1)C=NNC2=O. The number of carbonyl (C=O) groups excluding carboxylic acids is 2. The number of H-pyrrole nitrogens is 1. The van der Waals surface area contributed by atoms with E-state index in [1.54, 1.807) is 12.3 Å². The number of aromatic nitrogens is 1. The van der Waals surface area contributed by atoms with Crippen LogP contribution in [0.25, 0.3) is 22.2 Å². The van der Waals surface area contributed by atoms with Crippen LogP contribution >= 0.6 is 0 Å². The van der Waals surface area contributed by atoms with Crippen molar-refractivity contribution in [2.75, 3.05) is 0 Å². The predicted molar refractivity (Wildman–Crippen MR) is 116 cm³/mol. The Morgan fingerprint density at radius 3 is 2.62 bits per heavy atom. The highest BCUT2D eigenvalue weighted by Crippen LogP contribution is 2.33. The summed E-state index contributed by atoms with van der Waals surface area (Å²) in [4.78, 5) is 28.7. The highest BCUT2D eigenvalue weighted by atomic mass is 19.1. The monoisotopic (exact) mass is 430 g/mol. The van der Waals surface area contributed by atoms with Gasteiger partial charge in [0.15, 0.2) is 0 Å². The summed E-state index contributed by atoms with van der Waals surface area (Å²) >= 11 is 0. The third-order valence-electron chi connectivity index (χ3n) is 5.32. The minimum Gasteiger partial charge on any atom is -0.354 e. The molecule has 4 aromatic rings. The predicted octanol–water partition coefficient (Wildman–Crippen LogP) is 4.12. The Bertz CT molecular complexity index is 1410. The third-order valence-corrected chi connectivity index (χ3v) is 5.32. The third kappa shape index (κ3) is 3.41. The lowest BCUT2D eigenvalue weighted by molar-refractivity contribution is 0.0950. The molecule has 0 saturated heterocycles. The number of nitrogens with one attached hydrogen (secondary N) is 3. The molecule has 0 saturated carbocycles. The normalized spacial score (nSPS) is 12.5. The van der Waals surface area contributed by atoms with Crippen LogP contribution in [0, 0.1) is 11.6 Å². The number of hydrogen-bond donors (Lipinski definition) is 3. The van der Waals surface area contributed by atoms with Crippen molar-refractivity contribution in [1.82, 2.24) is 15.7 Å². The highest BCUT2D eigenvalue weighted by molar-refractivity contribution is 6.18. The van der Waals surface area contributed by atoms with E-state index in [0.29, 0.717) is 16.5 Å². The van der Waals surface area contributed by atoms with Crippen LogP contribution in [0.15, 0.2) is 65.8 Å². The molecule has 0 spiro atoms. The number of aromatic amines is 1. The zero-order valence-electron chi connectivity index (χ0n) is 16.6. The maximum Gasteiger partial charge on any atom is 0.272 e. The molecular weight excluding hydrogens is 414 g/mol. The number of benzene rings is 3.